The first-order chi connectivity index (χ1) is 9.16. The second-order valence-electron chi connectivity index (χ2n) is 4.99. The number of nitrogens with one attached hydrogen (secondary N) is 1. The Morgan fingerprint density at radius 1 is 1.37 bits per heavy atom. The van der Waals surface area contributed by atoms with E-state index in [2.05, 4.69) is 10.4 Å². The number of carboxylic acids is 1. The van der Waals surface area contributed by atoms with Gasteiger partial charge in [0.2, 0.25) is 5.91 Å². The van der Waals surface area contributed by atoms with Crippen LogP contribution in [0.4, 0.5) is 0 Å². The van der Waals surface area contributed by atoms with Crippen LogP contribution in [0.1, 0.15) is 32.1 Å². The number of rotatable bonds is 5. The fraction of sp³-hybridized carbons (Fsp3) is 0.615. The smallest absolute Gasteiger partial charge is 0.326 e. The Kier molecular flexibility index (Phi) is 4.54. The minimum atomic E-state index is -0.944. The van der Waals surface area contributed by atoms with Gasteiger partial charge in [-0.25, -0.2) is 4.79 Å². The van der Waals surface area contributed by atoms with Gasteiger partial charge in [0.1, 0.15) is 12.6 Å². The fourth-order valence-electron chi connectivity index (χ4n) is 2.61. The van der Waals surface area contributed by atoms with Crippen molar-refractivity contribution in [3.8, 4) is 0 Å². The average Bonchev–Trinajstić information content (AvgIpc) is 2.89. The van der Waals surface area contributed by atoms with Crippen molar-refractivity contribution < 1.29 is 14.7 Å². The highest BCUT2D eigenvalue weighted by molar-refractivity contribution is 5.83. The lowest BCUT2D eigenvalue weighted by Gasteiger charge is -2.28. The van der Waals surface area contributed by atoms with Gasteiger partial charge in [-0.3, -0.25) is 9.48 Å². The second kappa shape index (κ2) is 6.36. The summed E-state index contributed by atoms with van der Waals surface area (Å²) in [5, 5.41) is 15.8. The summed E-state index contributed by atoms with van der Waals surface area (Å²) in [6.45, 7) is 0.0590. The predicted octanol–water partition coefficient (Wildman–Crippen LogP) is 1.03. The molecule has 0 aromatic carbocycles. The third-order valence-corrected chi connectivity index (χ3v) is 3.57. The molecule has 1 amide bonds. The van der Waals surface area contributed by atoms with Crippen LogP contribution >= 0.6 is 0 Å². The number of carbonyl (C=O) groups excluding carboxylic acids is 1. The largest absolute Gasteiger partial charge is 0.480 e. The zero-order valence-electron chi connectivity index (χ0n) is 10.8. The Balaban J connectivity index is 1.92. The summed E-state index contributed by atoms with van der Waals surface area (Å²) in [5.41, 5.74) is 0. The molecule has 2 rings (SSSR count). The van der Waals surface area contributed by atoms with Crippen molar-refractivity contribution in [3.05, 3.63) is 18.5 Å². The van der Waals surface area contributed by atoms with Crippen molar-refractivity contribution >= 4 is 11.9 Å². The summed E-state index contributed by atoms with van der Waals surface area (Å²) in [7, 11) is 0. The van der Waals surface area contributed by atoms with E-state index in [-0.39, 0.29) is 18.4 Å². The van der Waals surface area contributed by atoms with Gasteiger partial charge in [-0.15, -0.1) is 0 Å². The van der Waals surface area contributed by atoms with Crippen LogP contribution in [0.25, 0.3) is 0 Å². The molecule has 0 spiro atoms. The second-order valence-corrected chi connectivity index (χ2v) is 4.99. The molecule has 0 radical (unpaired) electrons. The van der Waals surface area contributed by atoms with Crippen molar-refractivity contribution in [2.24, 2.45) is 5.92 Å². The van der Waals surface area contributed by atoms with Crippen molar-refractivity contribution in [3.63, 3.8) is 0 Å². The first-order valence-electron chi connectivity index (χ1n) is 6.66. The molecule has 2 N–H and O–H groups in total. The number of hydrogen-bond donors (Lipinski definition) is 2. The van der Waals surface area contributed by atoms with Gasteiger partial charge >= 0.3 is 5.97 Å². The molecule has 19 heavy (non-hydrogen) atoms. The molecule has 0 aliphatic heterocycles. The normalized spacial score (nSPS) is 17.9. The minimum Gasteiger partial charge on any atom is -0.480 e. The summed E-state index contributed by atoms with van der Waals surface area (Å²) in [5.74, 6) is -1.20. The monoisotopic (exact) mass is 265 g/mol. The van der Waals surface area contributed by atoms with Crippen LogP contribution < -0.4 is 5.32 Å². The highest BCUT2D eigenvalue weighted by Gasteiger charge is 2.30. The van der Waals surface area contributed by atoms with E-state index in [0.717, 1.165) is 32.1 Å². The summed E-state index contributed by atoms with van der Waals surface area (Å²) >= 11 is 0. The number of carbonyl (C=O) groups is 2. The maximum atomic E-state index is 11.8. The third kappa shape index (κ3) is 3.81. The van der Waals surface area contributed by atoms with Gasteiger partial charge in [-0.1, -0.05) is 19.3 Å². The topological polar surface area (TPSA) is 84.2 Å². The van der Waals surface area contributed by atoms with Crippen molar-refractivity contribution in [1.82, 2.24) is 15.1 Å². The van der Waals surface area contributed by atoms with Crippen molar-refractivity contribution in [2.45, 2.75) is 44.7 Å². The van der Waals surface area contributed by atoms with Gasteiger partial charge in [-0.05, 0) is 24.8 Å². The molecule has 1 fully saturated rings. The zero-order chi connectivity index (χ0) is 13.7. The first-order valence-corrected chi connectivity index (χ1v) is 6.66. The van der Waals surface area contributed by atoms with E-state index in [9.17, 15) is 14.7 Å². The van der Waals surface area contributed by atoms with Crippen molar-refractivity contribution in [2.75, 3.05) is 0 Å². The molecule has 6 nitrogen and oxygen atoms in total. The Morgan fingerprint density at radius 2 is 2.11 bits per heavy atom. The highest BCUT2D eigenvalue weighted by atomic mass is 16.4. The van der Waals surface area contributed by atoms with Crippen LogP contribution in [0.5, 0.6) is 0 Å². The van der Waals surface area contributed by atoms with E-state index in [4.69, 9.17) is 0 Å². The Bertz CT molecular complexity index is 424. The predicted molar refractivity (Wildman–Crippen MR) is 68.4 cm³/mol. The fourth-order valence-corrected chi connectivity index (χ4v) is 2.61. The Labute approximate surface area is 111 Å². The highest BCUT2D eigenvalue weighted by Crippen LogP contribution is 2.26. The Hall–Kier alpha value is -1.85. The lowest BCUT2D eigenvalue weighted by molar-refractivity contribution is -0.144. The molecule has 1 heterocycles. The third-order valence-electron chi connectivity index (χ3n) is 3.57. The van der Waals surface area contributed by atoms with E-state index in [1.54, 1.807) is 18.5 Å². The quantitative estimate of drug-likeness (QED) is 0.833. The molecule has 1 aliphatic rings. The number of hydrogen-bond acceptors (Lipinski definition) is 3. The van der Waals surface area contributed by atoms with Gasteiger partial charge in [-0.2, -0.15) is 5.10 Å². The number of amides is 1. The number of carboxylic acid groups (broad SMARTS) is 1. The van der Waals surface area contributed by atoms with Gasteiger partial charge < -0.3 is 10.4 Å². The van der Waals surface area contributed by atoms with Gasteiger partial charge in [0.25, 0.3) is 0 Å². The molecule has 0 saturated heterocycles. The van der Waals surface area contributed by atoms with Crippen LogP contribution in [0.3, 0.4) is 0 Å². The van der Waals surface area contributed by atoms with E-state index >= 15 is 0 Å². The summed E-state index contributed by atoms with van der Waals surface area (Å²) < 4.78 is 1.48. The van der Waals surface area contributed by atoms with E-state index < -0.39 is 12.0 Å². The number of aromatic nitrogens is 2. The maximum absolute atomic E-state index is 11.8. The Morgan fingerprint density at radius 3 is 2.68 bits per heavy atom. The van der Waals surface area contributed by atoms with E-state index in [1.165, 1.54) is 4.68 Å². The molecule has 0 bridgehead atoms. The molecule has 1 atom stereocenters. The summed E-state index contributed by atoms with van der Waals surface area (Å²) in [6.07, 6.45) is 8.26. The van der Waals surface area contributed by atoms with Crippen LogP contribution in [0.15, 0.2) is 18.5 Å². The molecule has 6 heteroatoms. The van der Waals surface area contributed by atoms with Crippen LogP contribution in [0.2, 0.25) is 0 Å². The van der Waals surface area contributed by atoms with Crippen LogP contribution in [-0.4, -0.2) is 32.8 Å². The molecule has 1 aliphatic carbocycles. The lowest BCUT2D eigenvalue weighted by atomic mass is 9.84. The molecular formula is C13H19N3O3. The van der Waals surface area contributed by atoms with Crippen LogP contribution in [0, 0.1) is 5.92 Å². The van der Waals surface area contributed by atoms with E-state index in [1.807, 2.05) is 0 Å². The average molecular weight is 265 g/mol. The molecule has 1 aromatic heterocycles. The molecular weight excluding hydrogens is 246 g/mol. The number of aliphatic carboxylic acids is 1. The lowest BCUT2D eigenvalue weighted by Crippen LogP contribution is -2.47. The summed E-state index contributed by atoms with van der Waals surface area (Å²) in [6, 6.07) is 0.951. The summed E-state index contributed by atoms with van der Waals surface area (Å²) in [4.78, 5) is 23.1. The van der Waals surface area contributed by atoms with Crippen LogP contribution in [-0.2, 0) is 16.1 Å². The van der Waals surface area contributed by atoms with Crippen molar-refractivity contribution in [1.29, 1.82) is 0 Å². The molecule has 104 valence electrons. The van der Waals surface area contributed by atoms with Gasteiger partial charge in [0, 0.05) is 12.4 Å². The number of nitrogens with zero attached hydrogens (tertiary/aromatic N) is 2. The van der Waals surface area contributed by atoms with E-state index in [0.29, 0.717) is 0 Å². The maximum Gasteiger partial charge on any atom is 0.326 e. The SMILES string of the molecule is O=C(Cn1cccn1)NC(C(=O)O)C1CCCCC1. The van der Waals surface area contributed by atoms with Gasteiger partial charge in [0.05, 0.1) is 0 Å². The standard InChI is InChI=1S/C13H19N3O3/c17-11(9-16-8-4-7-14-16)15-12(13(18)19)10-5-2-1-3-6-10/h4,7-8,10,12H,1-3,5-6,9H2,(H,15,17)(H,18,19). The minimum absolute atomic E-state index is 0.0489. The first kappa shape index (κ1) is 13.6. The van der Waals surface area contributed by atoms with Gasteiger partial charge in [0.15, 0.2) is 0 Å². The molecule has 1 aromatic rings. The zero-order valence-corrected chi connectivity index (χ0v) is 10.8. The molecule has 1 unspecified atom stereocenters. The molecule has 1 saturated carbocycles.